The Kier molecular flexibility index (Phi) is 49.1. The number of rotatable bonds is 52. The van der Waals surface area contributed by atoms with E-state index in [1.807, 2.05) is 6.08 Å². The molecule has 7 nitrogen and oxygen atoms in total. The molecule has 1 amide bonds. The molecule has 0 aliphatic rings. The van der Waals surface area contributed by atoms with Gasteiger partial charge in [0.2, 0.25) is 5.91 Å². The lowest BCUT2D eigenvalue weighted by atomic mass is 10.0. The highest BCUT2D eigenvalue weighted by molar-refractivity contribution is 7.46. The summed E-state index contributed by atoms with van der Waals surface area (Å²) in [7, 11) is -4.72. The fourth-order valence-corrected chi connectivity index (χ4v) is 9.17. The number of hydrogen-bond donors (Lipinski definition) is 4. The number of carbonyl (C=O) groups is 1. The van der Waals surface area contributed by atoms with Crippen LogP contribution in [0.5, 0.6) is 0 Å². The molecule has 370 valence electrons. The third-order valence-electron chi connectivity index (χ3n) is 13.0. The van der Waals surface area contributed by atoms with Crippen molar-refractivity contribution in [3.05, 3.63) is 12.2 Å². The van der Waals surface area contributed by atoms with Gasteiger partial charge < -0.3 is 20.2 Å². The van der Waals surface area contributed by atoms with Crippen LogP contribution in [0.25, 0.3) is 0 Å². The first-order valence-electron chi connectivity index (χ1n) is 27.6. The van der Waals surface area contributed by atoms with E-state index in [0.29, 0.717) is 6.42 Å². The summed E-state index contributed by atoms with van der Waals surface area (Å²) >= 11 is 0. The molecule has 0 aromatic rings. The largest absolute Gasteiger partial charge is 0.469 e. The zero-order valence-electron chi connectivity index (χ0n) is 41.6. The maximum absolute atomic E-state index is 12.7. The number of allylic oxidation sites excluding steroid dienone is 1. The number of aliphatic hydroxyl groups is 1. The van der Waals surface area contributed by atoms with Crippen LogP contribution in [0.1, 0.15) is 309 Å². The lowest BCUT2D eigenvalue weighted by molar-refractivity contribution is -0.123. The molecule has 0 spiro atoms. The molecule has 0 saturated heterocycles. The van der Waals surface area contributed by atoms with Crippen molar-refractivity contribution in [3.8, 4) is 0 Å². The third-order valence-corrected chi connectivity index (χ3v) is 13.5. The second-order valence-corrected chi connectivity index (χ2v) is 20.5. The van der Waals surface area contributed by atoms with Gasteiger partial charge in [-0.1, -0.05) is 296 Å². The van der Waals surface area contributed by atoms with E-state index in [1.54, 1.807) is 6.08 Å². The van der Waals surface area contributed by atoms with Crippen molar-refractivity contribution in [1.29, 1.82) is 0 Å². The van der Waals surface area contributed by atoms with Crippen LogP contribution in [0.4, 0.5) is 0 Å². The summed E-state index contributed by atoms with van der Waals surface area (Å²) in [5, 5.41) is 13.5. The number of hydrogen-bond acceptors (Lipinski definition) is 4. The minimum absolute atomic E-state index is 0.218. The molecular weight excluding hydrogens is 790 g/mol. The number of carbonyl (C=O) groups excluding carboxylic acids is 1. The Balaban J connectivity index is 3.72. The summed E-state index contributed by atoms with van der Waals surface area (Å²) in [6.07, 6.45) is 62.8. The molecule has 0 aromatic heterocycles. The van der Waals surface area contributed by atoms with E-state index in [-0.39, 0.29) is 5.91 Å². The Labute approximate surface area is 386 Å². The summed E-state index contributed by atoms with van der Waals surface area (Å²) in [4.78, 5) is 31.1. The molecule has 62 heavy (non-hydrogen) atoms. The molecule has 0 rings (SSSR count). The minimum atomic E-state index is -4.72. The Morgan fingerprint density at radius 1 is 0.452 bits per heavy atom. The van der Waals surface area contributed by atoms with E-state index in [4.69, 9.17) is 0 Å². The normalized spacial score (nSPS) is 13.0. The van der Waals surface area contributed by atoms with Gasteiger partial charge in [0, 0.05) is 6.42 Å². The Bertz CT molecular complexity index is 973. The number of unbranched alkanes of at least 4 members (excludes halogenated alkanes) is 43. The average Bonchev–Trinajstić information content (AvgIpc) is 3.25. The molecule has 4 N–H and O–H groups in total. The maximum atomic E-state index is 12.7. The van der Waals surface area contributed by atoms with Crippen LogP contribution < -0.4 is 5.32 Å². The Morgan fingerprint density at radius 3 is 0.984 bits per heavy atom. The monoisotopic (exact) mass is 898 g/mol. The predicted molar refractivity (Wildman–Crippen MR) is 269 cm³/mol. The number of amides is 1. The minimum Gasteiger partial charge on any atom is -0.387 e. The highest BCUT2D eigenvalue weighted by Gasteiger charge is 2.24. The van der Waals surface area contributed by atoms with Gasteiger partial charge in [0.25, 0.3) is 0 Å². The zero-order chi connectivity index (χ0) is 45.3. The highest BCUT2D eigenvalue weighted by Crippen LogP contribution is 2.36. The SMILES string of the molecule is CCCCCCCCCCCCCCCCC/C=C/[C@@H](O)[C@H](COP(=O)(O)O)NC(=O)CCCCCCCCCCCCCCCCCCCCCCCCCCCCCCC. The summed E-state index contributed by atoms with van der Waals surface area (Å²) in [5.41, 5.74) is 0. The number of nitrogens with one attached hydrogen (secondary N) is 1. The summed E-state index contributed by atoms with van der Waals surface area (Å²) in [5.74, 6) is -0.218. The maximum Gasteiger partial charge on any atom is 0.469 e. The van der Waals surface area contributed by atoms with Crippen molar-refractivity contribution >= 4 is 13.7 Å². The second kappa shape index (κ2) is 49.7. The number of phosphoric acid groups is 1. The molecule has 0 saturated carbocycles. The smallest absolute Gasteiger partial charge is 0.387 e. The standard InChI is InChI=1S/C54H108NO6P/c1-3-5-7-9-11-13-15-17-19-21-22-23-24-25-26-27-28-29-30-31-32-34-36-38-40-42-44-46-48-50-54(57)55-52(51-61-62(58,59)60)53(56)49-47-45-43-41-39-37-35-33-20-18-16-14-12-10-8-6-4-2/h47,49,52-53,56H,3-46,48,50-51H2,1-2H3,(H,55,57)(H2,58,59,60)/b49-47+/t52-,53+/m0/s1. The van der Waals surface area contributed by atoms with Gasteiger partial charge in [-0.2, -0.15) is 0 Å². The molecule has 0 fully saturated rings. The van der Waals surface area contributed by atoms with Crippen LogP contribution in [-0.2, 0) is 13.9 Å². The van der Waals surface area contributed by atoms with Crippen molar-refractivity contribution in [3.63, 3.8) is 0 Å². The van der Waals surface area contributed by atoms with Crippen molar-refractivity contribution in [2.45, 2.75) is 321 Å². The summed E-state index contributed by atoms with van der Waals surface area (Å²) < 4.78 is 16.0. The first-order valence-corrected chi connectivity index (χ1v) is 29.2. The second-order valence-electron chi connectivity index (χ2n) is 19.3. The van der Waals surface area contributed by atoms with E-state index in [1.165, 1.54) is 250 Å². The van der Waals surface area contributed by atoms with Crippen molar-refractivity contribution in [2.75, 3.05) is 6.61 Å². The third kappa shape index (κ3) is 50.3. The fourth-order valence-electron chi connectivity index (χ4n) is 8.82. The van der Waals surface area contributed by atoms with E-state index < -0.39 is 26.6 Å². The first-order chi connectivity index (χ1) is 30.3. The summed E-state index contributed by atoms with van der Waals surface area (Å²) in [6, 6.07) is -0.906. The van der Waals surface area contributed by atoms with Crippen molar-refractivity contribution < 1.29 is 28.8 Å². The fraction of sp³-hybridized carbons (Fsp3) is 0.944. The molecular formula is C54H108NO6P. The zero-order valence-corrected chi connectivity index (χ0v) is 42.5. The number of phosphoric ester groups is 1. The number of aliphatic hydroxyl groups excluding tert-OH is 1. The van der Waals surface area contributed by atoms with Gasteiger partial charge >= 0.3 is 7.82 Å². The van der Waals surface area contributed by atoms with Gasteiger partial charge in [-0.25, -0.2) is 4.57 Å². The molecule has 0 unspecified atom stereocenters. The Hall–Kier alpha value is -0.720. The van der Waals surface area contributed by atoms with E-state index in [0.717, 1.165) is 38.5 Å². The van der Waals surface area contributed by atoms with Crippen LogP contribution in [-0.4, -0.2) is 39.6 Å². The highest BCUT2D eigenvalue weighted by atomic mass is 31.2. The predicted octanol–water partition coefficient (Wildman–Crippen LogP) is 17.5. The van der Waals surface area contributed by atoms with Crippen LogP contribution in [0.2, 0.25) is 0 Å². The van der Waals surface area contributed by atoms with Crippen molar-refractivity contribution in [1.82, 2.24) is 5.32 Å². The molecule has 0 heterocycles. The van der Waals surface area contributed by atoms with Crippen molar-refractivity contribution in [2.24, 2.45) is 0 Å². The average molecular weight is 898 g/mol. The van der Waals surface area contributed by atoms with Crippen LogP contribution in [0, 0.1) is 0 Å². The van der Waals surface area contributed by atoms with Gasteiger partial charge in [-0.05, 0) is 19.3 Å². The first kappa shape index (κ1) is 61.3. The molecule has 2 atom stereocenters. The van der Waals surface area contributed by atoms with Gasteiger partial charge in [0.1, 0.15) is 0 Å². The lowest BCUT2D eigenvalue weighted by Gasteiger charge is -2.22. The van der Waals surface area contributed by atoms with Gasteiger partial charge in [-0.3, -0.25) is 9.32 Å². The molecule has 0 aliphatic carbocycles. The topological polar surface area (TPSA) is 116 Å². The molecule has 0 bridgehead atoms. The van der Waals surface area contributed by atoms with Gasteiger partial charge in [-0.15, -0.1) is 0 Å². The molecule has 0 radical (unpaired) electrons. The van der Waals surface area contributed by atoms with Crippen LogP contribution >= 0.6 is 7.82 Å². The molecule has 0 aliphatic heterocycles. The van der Waals surface area contributed by atoms with Crippen LogP contribution in [0.15, 0.2) is 12.2 Å². The van der Waals surface area contributed by atoms with Gasteiger partial charge in [0.05, 0.1) is 18.8 Å². The van der Waals surface area contributed by atoms with E-state index >= 15 is 0 Å². The molecule has 8 heteroatoms. The quantitative estimate of drug-likeness (QED) is 0.0275. The molecule has 0 aromatic carbocycles. The summed E-state index contributed by atoms with van der Waals surface area (Å²) in [6.45, 7) is 4.12. The van der Waals surface area contributed by atoms with Crippen LogP contribution in [0.3, 0.4) is 0 Å². The van der Waals surface area contributed by atoms with E-state index in [9.17, 15) is 24.3 Å². The van der Waals surface area contributed by atoms with E-state index in [2.05, 4.69) is 23.7 Å². The lowest BCUT2D eigenvalue weighted by Crippen LogP contribution is -2.45. The van der Waals surface area contributed by atoms with Gasteiger partial charge in [0.15, 0.2) is 0 Å². The Morgan fingerprint density at radius 2 is 0.710 bits per heavy atom.